The Labute approximate surface area is 82.2 Å². The van der Waals surface area contributed by atoms with Gasteiger partial charge in [-0.2, -0.15) is 0 Å². The van der Waals surface area contributed by atoms with E-state index in [1.54, 1.807) is 0 Å². The predicted octanol–water partition coefficient (Wildman–Crippen LogP) is 3.30. The Hall–Kier alpha value is -0.0500. The molecule has 0 radical (unpaired) electrons. The summed E-state index contributed by atoms with van der Waals surface area (Å²) in [6.07, 6.45) is 1.21. The van der Waals surface area contributed by atoms with Gasteiger partial charge in [-0.1, -0.05) is 59.8 Å². The lowest BCUT2D eigenvalue weighted by atomic mass is 10.0. The van der Waals surface area contributed by atoms with E-state index >= 15 is 0 Å². The van der Waals surface area contributed by atoms with Gasteiger partial charge in [-0.25, -0.2) is 0 Å². The maximum Gasteiger partial charge on any atom is 0.00242 e. The first kappa shape index (κ1) is 9.04. The number of halogens is 1. The van der Waals surface area contributed by atoms with Crippen LogP contribution in [0.25, 0.3) is 0 Å². The first-order chi connectivity index (χ1) is 5.33. The molecule has 0 aromatic heterocycles. The molecule has 0 amide bonds. The molecule has 1 aromatic carbocycles. The van der Waals surface area contributed by atoms with E-state index < -0.39 is 0 Å². The summed E-state index contributed by atoms with van der Waals surface area (Å²) < 4.78 is 1.24. The van der Waals surface area contributed by atoms with Crippen molar-refractivity contribution in [2.45, 2.75) is 13.3 Å². The molecule has 0 fully saturated rings. The van der Waals surface area contributed by atoms with Crippen molar-refractivity contribution < 1.29 is 0 Å². The van der Waals surface area contributed by atoms with Crippen LogP contribution >= 0.6 is 22.6 Å². The van der Waals surface area contributed by atoms with Crippen LogP contribution in [0.4, 0.5) is 0 Å². The molecule has 1 heteroatoms. The van der Waals surface area contributed by atoms with Crippen molar-refractivity contribution in [3.05, 3.63) is 35.9 Å². The van der Waals surface area contributed by atoms with Crippen molar-refractivity contribution >= 4 is 22.6 Å². The summed E-state index contributed by atoms with van der Waals surface area (Å²) in [6.45, 7) is 2.29. The molecular formula is C10H13I. The third-order valence-corrected chi connectivity index (χ3v) is 3.19. The Kier molecular flexibility index (Phi) is 3.91. The Morgan fingerprint density at radius 1 is 1.27 bits per heavy atom. The van der Waals surface area contributed by atoms with Crippen molar-refractivity contribution in [1.82, 2.24) is 0 Å². The zero-order valence-electron chi connectivity index (χ0n) is 6.76. The van der Waals surface area contributed by atoms with E-state index in [1.807, 2.05) is 0 Å². The minimum Gasteiger partial charge on any atom is -0.0861 e. The van der Waals surface area contributed by atoms with Crippen molar-refractivity contribution in [1.29, 1.82) is 0 Å². The standard InChI is InChI=1S/C10H13I/c1-9(8-11)7-10-5-3-2-4-6-10/h2-6,9H,7-8H2,1H3. The quantitative estimate of drug-likeness (QED) is 0.577. The minimum atomic E-state index is 0.804. The molecule has 0 aliphatic heterocycles. The second kappa shape index (κ2) is 4.75. The second-order valence-corrected chi connectivity index (χ2v) is 3.83. The molecule has 1 rings (SSSR count). The molecule has 0 heterocycles. The molecule has 1 atom stereocenters. The number of hydrogen-bond acceptors (Lipinski definition) is 0. The summed E-state index contributed by atoms with van der Waals surface area (Å²) in [5.74, 6) is 0.804. The van der Waals surface area contributed by atoms with E-state index in [-0.39, 0.29) is 0 Å². The SMILES string of the molecule is CC(CI)Cc1ccccc1. The van der Waals surface area contributed by atoms with E-state index in [2.05, 4.69) is 59.8 Å². The van der Waals surface area contributed by atoms with Crippen LogP contribution in [-0.2, 0) is 6.42 Å². The molecule has 1 aromatic rings. The van der Waals surface area contributed by atoms with E-state index in [1.165, 1.54) is 16.4 Å². The molecule has 0 saturated heterocycles. The fourth-order valence-corrected chi connectivity index (χ4v) is 1.38. The van der Waals surface area contributed by atoms with Crippen LogP contribution in [0.1, 0.15) is 12.5 Å². The number of rotatable bonds is 3. The smallest absolute Gasteiger partial charge is 0.00242 e. The molecule has 0 bridgehead atoms. The Balaban J connectivity index is 2.51. The van der Waals surface area contributed by atoms with Gasteiger partial charge < -0.3 is 0 Å². The average molecular weight is 260 g/mol. The lowest BCUT2D eigenvalue weighted by molar-refractivity contribution is 0.668. The van der Waals surface area contributed by atoms with Crippen LogP contribution in [0.15, 0.2) is 30.3 Å². The molecule has 60 valence electrons. The molecular weight excluding hydrogens is 247 g/mol. The third kappa shape index (κ3) is 3.23. The maximum absolute atomic E-state index is 2.44. The molecule has 1 unspecified atom stereocenters. The highest BCUT2D eigenvalue weighted by molar-refractivity contribution is 14.1. The third-order valence-electron chi connectivity index (χ3n) is 1.69. The molecule has 11 heavy (non-hydrogen) atoms. The Morgan fingerprint density at radius 2 is 1.91 bits per heavy atom. The molecule has 0 nitrogen and oxygen atoms in total. The summed E-state index contributed by atoms with van der Waals surface area (Å²) in [7, 11) is 0. The Morgan fingerprint density at radius 3 is 2.45 bits per heavy atom. The zero-order valence-corrected chi connectivity index (χ0v) is 8.91. The minimum absolute atomic E-state index is 0.804. The monoisotopic (exact) mass is 260 g/mol. The summed E-state index contributed by atoms with van der Waals surface area (Å²) in [5, 5.41) is 0. The zero-order chi connectivity index (χ0) is 8.10. The maximum atomic E-state index is 2.44. The van der Waals surface area contributed by atoms with Gasteiger partial charge >= 0.3 is 0 Å². The average Bonchev–Trinajstić information content (AvgIpc) is 2.06. The van der Waals surface area contributed by atoms with Gasteiger partial charge in [0.1, 0.15) is 0 Å². The van der Waals surface area contributed by atoms with Crippen molar-refractivity contribution in [3.63, 3.8) is 0 Å². The van der Waals surface area contributed by atoms with E-state index in [4.69, 9.17) is 0 Å². The van der Waals surface area contributed by atoms with Gasteiger partial charge in [-0.15, -0.1) is 0 Å². The van der Waals surface area contributed by atoms with Gasteiger partial charge in [-0.3, -0.25) is 0 Å². The Bertz CT molecular complexity index is 193. The number of benzene rings is 1. The topological polar surface area (TPSA) is 0 Å². The van der Waals surface area contributed by atoms with Crippen LogP contribution in [0.5, 0.6) is 0 Å². The normalized spacial score (nSPS) is 12.9. The molecule has 0 saturated carbocycles. The van der Waals surface area contributed by atoms with Crippen molar-refractivity contribution in [2.24, 2.45) is 5.92 Å². The summed E-state index contributed by atoms with van der Waals surface area (Å²) in [4.78, 5) is 0. The molecule has 0 aliphatic rings. The first-order valence-electron chi connectivity index (χ1n) is 3.93. The van der Waals surface area contributed by atoms with Crippen LogP contribution in [-0.4, -0.2) is 4.43 Å². The lowest BCUT2D eigenvalue weighted by Gasteiger charge is -2.06. The summed E-state index contributed by atoms with van der Waals surface area (Å²) in [6, 6.07) is 10.7. The van der Waals surface area contributed by atoms with Gasteiger partial charge in [-0.05, 0) is 17.9 Å². The molecule has 0 N–H and O–H groups in total. The van der Waals surface area contributed by atoms with Gasteiger partial charge in [0.2, 0.25) is 0 Å². The molecule has 0 aliphatic carbocycles. The van der Waals surface area contributed by atoms with Crippen molar-refractivity contribution in [2.75, 3.05) is 4.43 Å². The van der Waals surface area contributed by atoms with Gasteiger partial charge in [0.05, 0.1) is 0 Å². The van der Waals surface area contributed by atoms with Gasteiger partial charge in [0.25, 0.3) is 0 Å². The van der Waals surface area contributed by atoms with Gasteiger partial charge in [0, 0.05) is 4.43 Å². The summed E-state index contributed by atoms with van der Waals surface area (Å²) >= 11 is 2.44. The molecule has 0 spiro atoms. The summed E-state index contributed by atoms with van der Waals surface area (Å²) in [5.41, 5.74) is 1.46. The van der Waals surface area contributed by atoms with E-state index in [0.29, 0.717) is 0 Å². The van der Waals surface area contributed by atoms with E-state index in [0.717, 1.165) is 5.92 Å². The van der Waals surface area contributed by atoms with Crippen molar-refractivity contribution in [3.8, 4) is 0 Å². The van der Waals surface area contributed by atoms with Gasteiger partial charge in [0.15, 0.2) is 0 Å². The van der Waals surface area contributed by atoms with Crippen LogP contribution in [0, 0.1) is 5.92 Å². The first-order valence-corrected chi connectivity index (χ1v) is 5.45. The fourth-order valence-electron chi connectivity index (χ4n) is 1.07. The van der Waals surface area contributed by atoms with E-state index in [9.17, 15) is 0 Å². The highest BCUT2D eigenvalue weighted by atomic mass is 127. The largest absolute Gasteiger partial charge is 0.0861 e. The van der Waals surface area contributed by atoms with Crippen LogP contribution in [0.2, 0.25) is 0 Å². The van der Waals surface area contributed by atoms with Crippen LogP contribution < -0.4 is 0 Å². The highest BCUT2D eigenvalue weighted by Gasteiger charge is 1.99. The second-order valence-electron chi connectivity index (χ2n) is 2.95. The van der Waals surface area contributed by atoms with Crippen LogP contribution in [0.3, 0.4) is 0 Å². The lowest BCUT2D eigenvalue weighted by Crippen LogP contribution is -1.99. The number of hydrogen-bond donors (Lipinski definition) is 0. The highest BCUT2D eigenvalue weighted by Crippen LogP contribution is 2.09. The fraction of sp³-hybridized carbons (Fsp3) is 0.400. The predicted molar refractivity (Wildman–Crippen MR) is 58.2 cm³/mol. The number of alkyl halides is 1.